The van der Waals surface area contributed by atoms with Crippen molar-refractivity contribution < 1.29 is 24.2 Å². The quantitative estimate of drug-likeness (QED) is 0.414. The summed E-state index contributed by atoms with van der Waals surface area (Å²) in [6.07, 6.45) is 2.58. The van der Waals surface area contributed by atoms with Crippen LogP contribution in [-0.4, -0.2) is 47.6 Å². The van der Waals surface area contributed by atoms with E-state index in [0.29, 0.717) is 25.3 Å². The highest BCUT2D eigenvalue weighted by Gasteiger charge is 2.47. The number of aliphatic hydroxyl groups excluding tert-OH is 1. The first-order valence-corrected chi connectivity index (χ1v) is 10.8. The van der Waals surface area contributed by atoms with Crippen LogP contribution in [0.5, 0.6) is 5.75 Å². The maximum absolute atomic E-state index is 13.0. The second kappa shape index (κ2) is 9.35. The summed E-state index contributed by atoms with van der Waals surface area (Å²) < 4.78 is 11.4. The lowest BCUT2D eigenvalue weighted by atomic mass is 9.95. The summed E-state index contributed by atoms with van der Waals surface area (Å²) in [6.45, 7) is 3.63. The molecule has 1 amide bonds. The Morgan fingerprint density at radius 1 is 1.13 bits per heavy atom. The number of ketones is 1. The number of likely N-dealkylation sites (tertiary alicyclic amines) is 1. The van der Waals surface area contributed by atoms with Gasteiger partial charge in [0, 0.05) is 18.7 Å². The van der Waals surface area contributed by atoms with E-state index in [-0.39, 0.29) is 17.4 Å². The molecule has 2 aliphatic rings. The van der Waals surface area contributed by atoms with Crippen LogP contribution in [0.25, 0.3) is 5.76 Å². The third-order valence-electron chi connectivity index (χ3n) is 5.68. The van der Waals surface area contributed by atoms with Crippen molar-refractivity contribution in [1.82, 2.24) is 4.90 Å². The smallest absolute Gasteiger partial charge is 0.295 e. The van der Waals surface area contributed by atoms with Gasteiger partial charge in [-0.25, -0.2) is 0 Å². The molecule has 0 aliphatic carbocycles. The maximum Gasteiger partial charge on any atom is 0.295 e. The van der Waals surface area contributed by atoms with E-state index in [9.17, 15) is 14.7 Å². The van der Waals surface area contributed by atoms with Crippen LogP contribution < -0.4 is 4.74 Å². The van der Waals surface area contributed by atoms with E-state index < -0.39 is 17.7 Å². The van der Waals surface area contributed by atoms with Gasteiger partial charge in [0.05, 0.1) is 24.3 Å². The zero-order valence-electron chi connectivity index (χ0n) is 17.6. The molecule has 6 nitrogen and oxygen atoms in total. The van der Waals surface area contributed by atoms with Gasteiger partial charge in [-0.15, -0.1) is 0 Å². The summed E-state index contributed by atoms with van der Waals surface area (Å²) >= 11 is 0. The first-order valence-electron chi connectivity index (χ1n) is 10.8. The van der Waals surface area contributed by atoms with Crippen molar-refractivity contribution in [2.45, 2.75) is 38.3 Å². The highest BCUT2D eigenvalue weighted by atomic mass is 16.5. The van der Waals surface area contributed by atoms with Crippen LogP contribution in [0.3, 0.4) is 0 Å². The summed E-state index contributed by atoms with van der Waals surface area (Å²) in [5.74, 6) is -0.713. The van der Waals surface area contributed by atoms with Crippen molar-refractivity contribution in [3.63, 3.8) is 0 Å². The van der Waals surface area contributed by atoms with E-state index in [1.165, 1.54) is 4.90 Å². The lowest BCUT2D eigenvalue weighted by Crippen LogP contribution is -2.36. The van der Waals surface area contributed by atoms with Gasteiger partial charge in [0.2, 0.25) is 0 Å². The van der Waals surface area contributed by atoms with Crippen molar-refractivity contribution in [3.8, 4) is 5.75 Å². The van der Waals surface area contributed by atoms with Gasteiger partial charge in [-0.1, -0.05) is 49.4 Å². The Hall–Kier alpha value is -3.12. The van der Waals surface area contributed by atoms with Gasteiger partial charge >= 0.3 is 0 Å². The molecule has 1 N–H and O–H groups in total. The van der Waals surface area contributed by atoms with Crippen LogP contribution in [0.15, 0.2) is 60.2 Å². The molecule has 2 fully saturated rings. The Morgan fingerprint density at radius 2 is 1.87 bits per heavy atom. The maximum atomic E-state index is 13.0. The molecular weight excluding hydrogens is 394 g/mol. The summed E-state index contributed by atoms with van der Waals surface area (Å²) in [5.41, 5.74) is 1.36. The predicted octanol–water partition coefficient (Wildman–Crippen LogP) is 4.08. The summed E-state index contributed by atoms with van der Waals surface area (Å²) in [5, 5.41) is 11.0. The van der Waals surface area contributed by atoms with Gasteiger partial charge in [-0.2, -0.15) is 0 Å². The fourth-order valence-electron chi connectivity index (χ4n) is 4.14. The molecule has 2 aliphatic heterocycles. The van der Waals surface area contributed by atoms with Crippen molar-refractivity contribution in [3.05, 3.63) is 71.3 Å². The normalized spacial score (nSPS) is 22.8. The van der Waals surface area contributed by atoms with Crippen LogP contribution in [0.2, 0.25) is 0 Å². The number of benzene rings is 2. The Labute approximate surface area is 182 Å². The average molecular weight is 421 g/mol. The molecule has 0 saturated carbocycles. The predicted molar refractivity (Wildman–Crippen MR) is 117 cm³/mol. The largest absolute Gasteiger partial charge is 0.507 e. The number of ether oxygens (including phenoxy) is 2. The van der Waals surface area contributed by atoms with Gasteiger partial charge in [0.15, 0.2) is 0 Å². The molecule has 2 saturated heterocycles. The monoisotopic (exact) mass is 421 g/mol. The molecule has 0 aromatic heterocycles. The highest BCUT2D eigenvalue weighted by Crippen LogP contribution is 2.40. The van der Waals surface area contributed by atoms with Gasteiger partial charge in [0.25, 0.3) is 11.7 Å². The van der Waals surface area contributed by atoms with E-state index in [1.807, 2.05) is 37.3 Å². The molecule has 2 heterocycles. The van der Waals surface area contributed by atoms with Gasteiger partial charge in [-0.3, -0.25) is 9.59 Å². The topological polar surface area (TPSA) is 76.1 Å². The molecule has 4 rings (SSSR count). The molecule has 6 heteroatoms. The van der Waals surface area contributed by atoms with E-state index in [0.717, 1.165) is 30.6 Å². The molecule has 2 unspecified atom stereocenters. The van der Waals surface area contributed by atoms with E-state index >= 15 is 0 Å². The minimum Gasteiger partial charge on any atom is -0.507 e. The van der Waals surface area contributed by atoms with Crippen LogP contribution in [0, 0.1) is 0 Å². The fourth-order valence-corrected chi connectivity index (χ4v) is 4.14. The van der Waals surface area contributed by atoms with Gasteiger partial charge < -0.3 is 19.5 Å². The van der Waals surface area contributed by atoms with Crippen LogP contribution in [0.4, 0.5) is 0 Å². The third-order valence-corrected chi connectivity index (χ3v) is 5.68. The lowest BCUT2D eigenvalue weighted by molar-refractivity contribution is -0.140. The zero-order chi connectivity index (χ0) is 21.8. The second-order valence-electron chi connectivity index (χ2n) is 7.87. The minimum absolute atomic E-state index is 0.107. The van der Waals surface area contributed by atoms with E-state index in [4.69, 9.17) is 9.47 Å². The summed E-state index contributed by atoms with van der Waals surface area (Å²) in [7, 11) is 0. The minimum atomic E-state index is -0.676. The van der Waals surface area contributed by atoms with E-state index in [2.05, 4.69) is 0 Å². The molecule has 0 spiro atoms. The average Bonchev–Trinajstić information content (AvgIpc) is 3.41. The fraction of sp³-hybridized carbons (Fsp3) is 0.360. The van der Waals surface area contributed by atoms with Crippen LogP contribution in [0.1, 0.15) is 43.4 Å². The van der Waals surface area contributed by atoms with Crippen molar-refractivity contribution >= 4 is 17.4 Å². The van der Waals surface area contributed by atoms with Crippen LogP contribution in [-0.2, 0) is 14.3 Å². The molecule has 0 radical (unpaired) electrons. The standard InChI is InChI=1S/C25H27NO5/c1-2-14-30-19-12-10-17(11-13-19)22-21(23(27)18-7-4-3-5-8-18)24(28)25(29)26(22)16-20-9-6-15-31-20/h3-5,7-8,10-13,20,22,27H,2,6,9,14-16H2,1H3/b23-21-. The SMILES string of the molecule is CCCOc1ccc(C2/C(=C(/O)c3ccccc3)C(=O)C(=O)N2CC2CCCO2)cc1. The number of hydrogen-bond donors (Lipinski definition) is 1. The summed E-state index contributed by atoms with van der Waals surface area (Å²) in [4.78, 5) is 27.5. The number of amides is 1. The molecule has 2 atom stereocenters. The number of carbonyl (C=O) groups is 2. The molecule has 2 aromatic carbocycles. The first-order chi connectivity index (χ1) is 15.1. The molecule has 0 bridgehead atoms. The number of nitrogens with zero attached hydrogens (tertiary/aromatic N) is 1. The van der Waals surface area contributed by atoms with Crippen molar-refractivity contribution in [2.75, 3.05) is 19.8 Å². The number of Topliss-reactive ketones (excluding diaryl/α,β-unsaturated/α-hetero) is 1. The number of hydrogen-bond acceptors (Lipinski definition) is 5. The molecule has 2 aromatic rings. The van der Waals surface area contributed by atoms with Gasteiger partial charge in [-0.05, 0) is 37.0 Å². The Morgan fingerprint density at radius 3 is 2.52 bits per heavy atom. The van der Waals surface area contributed by atoms with Crippen molar-refractivity contribution in [1.29, 1.82) is 0 Å². The second-order valence-corrected chi connectivity index (χ2v) is 7.87. The number of carbonyl (C=O) groups excluding carboxylic acids is 2. The van der Waals surface area contributed by atoms with Crippen LogP contribution >= 0.6 is 0 Å². The van der Waals surface area contributed by atoms with Gasteiger partial charge in [0.1, 0.15) is 11.5 Å². The highest BCUT2D eigenvalue weighted by molar-refractivity contribution is 6.46. The Balaban J connectivity index is 1.75. The Kier molecular flexibility index (Phi) is 6.37. The number of aliphatic hydroxyl groups is 1. The lowest BCUT2D eigenvalue weighted by Gasteiger charge is -2.27. The van der Waals surface area contributed by atoms with E-state index in [1.54, 1.807) is 24.3 Å². The zero-order valence-corrected chi connectivity index (χ0v) is 17.6. The first kappa shape index (κ1) is 21.1. The molecule has 31 heavy (non-hydrogen) atoms. The molecule has 162 valence electrons. The molecular formula is C25H27NO5. The third kappa shape index (κ3) is 4.35. The van der Waals surface area contributed by atoms with Crippen molar-refractivity contribution in [2.24, 2.45) is 0 Å². The number of rotatable bonds is 7. The summed E-state index contributed by atoms with van der Waals surface area (Å²) in [6, 6.07) is 15.5. The Bertz CT molecular complexity index is 961.